The highest BCUT2D eigenvalue weighted by molar-refractivity contribution is 6.18. The lowest BCUT2D eigenvalue weighted by Crippen LogP contribution is -2.32. The van der Waals surface area contributed by atoms with Crippen LogP contribution in [0.4, 0.5) is 11.4 Å². The lowest BCUT2D eigenvalue weighted by atomic mass is 9.84. The van der Waals surface area contributed by atoms with E-state index in [2.05, 4.69) is 5.32 Å². The van der Waals surface area contributed by atoms with E-state index in [1.807, 2.05) is 36.4 Å². The van der Waals surface area contributed by atoms with Crippen molar-refractivity contribution in [2.75, 3.05) is 0 Å². The fraction of sp³-hybridized carbons (Fsp3) is 0.143. The van der Waals surface area contributed by atoms with Crippen LogP contribution in [-0.4, -0.2) is 21.5 Å². The Morgan fingerprint density at radius 2 is 1.57 bits per heavy atom. The molecule has 1 amide bonds. The predicted molar refractivity (Wildman–Crippen MR) is 137 cm³/mol. The van der Waals surface area contributed by atoms with Crippen molar-refractivity contribution < 1.29 is 19.4 Å². The van der Waals surface area contributed by atoms with E-state index in [9.17, 15) is 29.8 Å². The molecule has 184 valence electrons. The lowest BCUT2D eigenvalue weighted by molar-refractivity contribution is -0.422. The van der Waals surface area contributed by atoms with Gasteiger partial charge < -0.3 is 5.32 Å². The number of nitro groups is 2. The standard InChI is InChI=1S/C28H21N3O6/c32-27(19-8-2-1-3-9-19)25-21(15-16-23(30(34)35)26(25)31(36)37)28(33)29-22-12-6-10-18-14-13-17-7-4-5-11-20(17)24(18)22/h1-5,7-9,11,13-16,22H,6,10,12H2,(H,29,33). The maximum Gasteiger partial charge on any atom is 0.357 e. The SMILES string of the molecule is O=C(NC1CCCc2ccc3ccccc3c21)c1ccc([N+](=O)[O-])c([N+](=O)[O-])c1C(=O)c1ccccc1. The molecule has 0 radical (unpaired) electrons. The van der Waals surface area contributed by atoms with E-state index in [1.165, 1.54) is 12.1 Å². The van der Waals surface area contributed by atoms with Crippen LogP contribution in [0.5, 0.6) is 0 Å². The molecule has 0 fully saturated rings. The molecular formula is C28H21N3O6. The number of carbonyl (C=O) groups is 2. The zero-order valence-corrected chi connectivity index (χ0v) is 19.5. The molecule has 37 heavy (non-hydrogen) atoms. The molecule has 1 atom stereocenters. The highest BCUT2D eigenvalue weighted by atomic mass is 16.6. The second-order valence-corrected chi connectivity index (χ2v) is 8.84. The topological polar surface area (TPSA) is 132 Å². The van der Waals surface area contributed by atoms with Crippen molar-refractivity contribution in [1.82, 2.24) is 5.32 Å². The fourth-order valence-corrected chi connectivity index (χ4v) is 5.06. The molecule has 4 aromatic rings. The summed E-state index contributed by atoms with van der Waals surface area (Å²) < 4.78 is 0. The summed E-state index contributed by atoms with van der Waals surface area (Å²) in [6.45, 7) is 0. The quantitative estimate of drug-likeness (QED) is 0.207. The third-order valence-corrected chi connectivity index (χ3v) is 6.70. The van der Waals surface area contributed by atoms with Gasteiger partial charge in [0.1, 0.15) is 5.56 Å². The molecule has 5 rings (SSSR count). The van der Waals surface area contributed by atoms with Gasteiger partial charge in [0.25, 0.3) is 5.91 Å². The summed E-state index contributed by atoms with van der Waals surface area (Å²) in [6.07, 6.45) is 2.32. The number of hydrogen-bond acceptors (Lipinski definition) is 6. The van der Waals surface area contributed by atoms with Crippen molar-refractivity contribution in [3.8, 4) is 0 Å². The number of benzene rings is 4. The Bertz CT molecular complexity index is 1580. The first kappa shape index (κ1) is 23.8. The normalized spacial score (nSPS) is 14.5. The van der Waals surface area contributed by atoms with Crippen LogP contribution in [0.1, 0.15) is 56.3 Å². The maximum absolute atomic E-state index is 13.6. The zero-order valence-electron chi connectivity index (χ0n) is 19.5. The number of nitro benzene ring substituents is 2. The van der Waals surface area contributed by atoms with Gasteiger partial charge in [0.2, 0.25) is 5.78 Å². The third-order valence-electron chi connectivity index (χ3n) is 6.70. The van der Waals surface area contributed by atoms with Crippen molar-refractivity contribution in [1.29, 1.82) is 0 Å². The van der Waals surface area contributed by atoms with Crippen LogP contribution in [-0.2, 0) is 6.42 Å². The van der Waals surface area contributed by atoms with Crippen LogP contribution >= 0.6 is 0 Å². The Morgan fingerprint density at radius 1 is 0.838 bits per heavy atom. The smallest absolute Gasteiger partial charge is 0.345 e. The molecule has 0 saturated carbocycles. The summed E-state index contributed by atoms with van der Waals surface area (Å²) in [5.74, 6) is -1.54. The lowest BCUT2D eigenvalue weighted by Gasteiger charge is -2.28. The summed E-state index contributed by atoms with van der Waals surface area (Å²) >= 11 is 0. The van der Waals surface area contributed by atoms with Crippen LogP contribution in [0.3, 0.4) is 0 Å². The molecule has 0 aliphatic heterocycles. The molecule has 1 unspecified atom stereocenters. The average Bonchev–Trinajstić information content (AvgIpc) is 2.92. The molecule has 4 aromatic carbocycles. The molecule has 0 aromatic heterocycles. The van der Waals surface area contributed by atoms with Gasteiger partial charge in [0.15, 0.2) is 0 Å². The van der Waals surface area contributed by atoms with Gasteiger partial charge in [-0.2, -0.15) is 0 Å². The average molecular weight is 495 g/mol. The van der Waals surface area contributed by atoms with Crippen molar-refractivity contribution in [2.24, 2.45) is 0 Å². The molecular weight excluding hydrogens is 474 g/mol. The summed E-state index contributed by atoms with van der Waals surface area (Å²) in [6, 6.07) is 21.2. The van der Waals surface area contributed by atoms with Gasteiger partial charge in [0.05, 0.1) is 21.5 Å². The first-order chi connectivity index (χ1) is 17.9. The van der Waals surface area contributed by atoms with Crippen LogP contribution in [0.2, 0.25) is 0 Å². The summed E-state index contributed by atoms with van der Waals surface area (Å²) in [4.78, 5) is 48.7. The minimum atomic E-state index is -0.999. The number of nitrogens with one attached hydrogen (secondary N) is 1. The van der Waals surface area contributed by atoms with Crippen LogP contribution in [0.15, 0.2) is 78.9 Å². The molecule has 1 N–H and O–H groups in total. The Balaban J connectivity index is 1.63. The molecule has 0 heterocycles. The minimum Gasteiger partial charge on any atom is -0.345 e. The van der Waals surface area contributed by atoms with E-state index in [4.69, 9.17) is 0 Å². The minimum absolute atomic E-state index is 0.0779. The van der Waals surface area contributed by atoms with Crippen LogP contribution in [0.25, 0.3) is 10.8 Å². The van der Waals surface area contributed by atoms with Gasteiger partial charge in [0, 0.05) is 11.6 Å². The molecule has 1 aliphatic carbocycles. The van der Waals surface area contributed by atoms with Gasteiger partial charge in [-0.05, 0) is 47.2 Å². The second kappa shape index (κ2) is 9.62. The first-order valence-electron chi connectivity index (χ1n) is 11.7. The number of ketones is 1. The summed E-state index contributed by atoms with van der Waals surface area (Å²) in [5, 5.41) is 28.5. The van der Waals surface area contributed by atoms with Crippen LogP contribution < -0.4 is 5.32 Å². The molecule has 1 aliphatic rings. The van der Waals surface area contributed by atoms with Gasteiger partial charge in [-0.3, -0.25) is 29.8 Å². The van der Waals surface area contributed by atoms with E-state index >= 15 is 0 Å². The van der Waals surface area contributed by atoms with Crippen molar-refractivity contribution >= 4 is 33.8 Å². The number of carbonyl (C=O) groups excluding carboxylic acids is 2. The molecule has 0 spiro atoms. The number of hydrogen-bond donors (Lipinski definition) is 1. The number of amides is 1. The van der Waals surface area contributed by atoms with E-state index in [0.29, 0.717) is 6.42 Å². The van der Waals surface area contributed by atoms with E-state index in [-0.39, 0.29) is 11.1 Å². The molecule has 0 bridgehead atoms. The second-order valence-electron chi connectivity index (χ2n) is 8.84. The summed E-state index contributed by atoms with van der Waals surface area (Å²) in [5.41, 5.74) is -0.573. The Labute approximate surface area is 211 Å². The van der Waals surface area contributed by atoms with Gasteiger partial charge >= 0.3 is 11.4 Å². The predicted octanol–water partition coefficient (Wildman–Crippen LogP) is 5.69. The van der Waals surface area contributed by atoms with E-state index in [0.717, 1.165) is 46.9 Å². The first-order valence-corrected chi connectivity index (χ1v) is 11.7. The van der Waals surface area contributed by atoms with Crippen molar-refractivity contribution in [2.45, 2.75) is 25.3 Å². The fourth-order valence-electron chi connectivity index (χ4n) is 5.06. The Kier molecular flexibility index (Phi) is 6.19. The Hall–Kier alpha value is -4.92. The number of fused-ring (bicyclic) bond motifs is 3. The van der Waals surface area contributed by atoms with Crippen molar-refractivity contribution in [3.63, 3.8) is 0 Å². The monoisotopic (exact) mass is 495 g/mol. The third kappa shape index (κ3) is 4.31. The number of rotatable bonds is 6. The van der Waals surface area contributed by atoms with E-state index < -0.39 is 44.5 Å². The van der Waals surface area contributed by atoms with Crippen molar-refractivity contribution in [3.05, 3.63) is 127 Å². The van der Waals surface area contributed by atoms with Gasteiger partial charge in [-0.25, -0.2) is 0 Å². The van der Waals surface area contributed by atoms with E-state index in [1.54, 1.807) is 18.2 Å². The maximum atomic E-state index is 13.6. The summed E-state index contributed by atoms with van der Waals surface area (Å²) in [7, 11) is 0. The van der Waals surface area contributed by atoms with Gasteiger partial charge in [-0.1, -0.05) is 66.7 Å². The zero-order chi connectivity index (χ0) is 26.1. The highest BCUT2D eigenvalue weighted by Gasteiger charge is 2.37. The number of aryl methyl sites for hydroxylation is 1. The van der Waals surface area contributed by atoms with Crippen LogP contribution in [0, 0.1) is 20.2 Å². The molecule has 9 heteroatoms. The largest absolute Gasteiger partial charge is 0.357 e. The Morgan fingerprint density at radius 3 is 2.30 bits per heavy atom. The highest BCUT2D eigenvalue weighted by Crippen LogP contribution is 2.38. The number of nitrogens with zero attached hydrogens (tertiary/aromatic N) is 2. The van der Waals surface area contributed by atoms with Gasteiger partial charge in [-0.15, -0.1) is 0 Å². The molecule has 9 nitrogen and oxygen atoms in total. The molecule has 0 saturated heterocycles.